The molecule has 0 aromatic heterocycles. The van der Waals surface area contributed by atoms with Crippen molar-refractivity contribution in [1.82, 2.24) is 5.32 Å². The third kappa shape index (κ3) is 5.01. The second kappa shape index (κ2) is 7.65. The van der Waals surface area contributed by atoms with Crippen molar-refractivity contribution in [1.29, 1.82) is 0 Å². The van der Waals surface area contributed by atoms with Crippen LogP contribution in [0.2, 0.25) is 0 Å². The Labute approximate surface area is 118 Å². The van der Waals surface area contributed by atoms with Gasteiger partial charge in [0.15, 0.2) is 0 Å². The van der Waals surface area contributed by atoms with Gasteiger partial charge >= 0.3 is 5.97 Å². The average molecular weight is 279 g/mol. The molecule has 0 fully saturated rings. The van der Waals surface area contributed by atoms with Gasteiger partial charge in [0.2, 0.25) is 5.91 Å². The van der Waals surface area contributed by atoms with Crippen molar-refractivity contribution in [3.05, 3.63) is 35.9 Å². The van der Waals surface area contributed by atoms with Crippen molar-refractivity contribution in [2.75, 3.05) is 6.61 Å². The van der Waals surface area contributed by atoms with Crippen LogP contribution in [0.1, 0.15) is 32.3 Å². The fraction of sp³-hybridized carbons (Fsp3) is 0.467. The van der Waals surface area contributed by atoms with E-state index in [0.717, 1.165) is 5.56 Å². The average Bonchev–Trinajstić information content (AvgIpc) is 2.40. The summed E-state index contributed by atoms with van der Waals surface area (Å²) in [5.74, 6) is -1.45. The molecule has 0 radical (unpaired) electrons. The smallest absolute Gasteiger partial charge is 0.329 e. The third-order valence-electron chi connectivity index (χ3n) is 2.98. The van der Waals surface area contributed by atoms with Crippen molar-refractivity contribution in [3.8, 4) is 0 Å². The quantitative estimate of drug-likeness (QED) is 0.762. The van der Waals surface area contributed by atoms with Gasteiger partial charge in [-0.1, -0.05) is 43.7 Å². The minimum atomic E-state index is -1.23. The number of nitrogens with one attached hydrogen (secondary N) is 1. The Morgan fingerprint density at radius 3 is 2.50 bits per heavy atom. The van der Waals surface area contributed by atoms with Gasteiger partial charge in [-0.15, -0.1) is 0 Å². The van der Waals surface area contributed by atoms with E-state index in [2.05, 4.69) is 5.32 Å². The molecular weight excluding hydrogens is 258 g/mol. The number of amides is 1. The Balaban J connectivity index is 2.41. The molecule has 0 bridgehead atoms. The standard InChI is InChI=1S/C15H21NO4/c1-3-9-15(2,14(18)19)16-13(17)11-20-10-12-7-5-4-6-8-12/h4-8H,3,9-11H2,1-2H3,(H,16,17)(H,18,19). The Kier molecular flexibility index (Phi) is 6.18. The van der Waals surface area contributed by atoms with E-state index in [1.54, 1.807) is 0 Å². The SMILES string of the molecule is CCCC(C)(NC(=O)COCc1ccccc1)C(=O)O. The molecule has 1 unspecified atom stereocenters. The highest BCUT2D eigenvalue weighted by molar-refractivity contribution is 5.87. The summed E-state index contributed by atoms with van der Waals surface area (Å²) in [6, 6.07) is 9.48. The van der Waals surface area contributed by atoms with E-state index in [0.29, 0.717) is 19.4 Å². The first-order chi connectivity index (χ1) is 9.48. The van der Waals surface area contributed by atoms with Crippen LogP contribution in [0, 0.1) is 0 Å². The summed E-state index contributed by atoms with van der Waals surface area (Å²) in [6.07, 6.45) is 1.06. The number of carboxylic acid groups (broad SMARTS) is 1. The Morgan fingerprint density at radius 2 is 1.95 bits per heavy atom. The number of hydrogen-bond acceptors (Lipinski definition) is 3. The predicted octanol–water partition coefficient (Wildman–Crippen LogP) is 1.96. The highest BCUT2D eigenvalue weighted by atomic mass is 16.5. The van der Waals surface area contributed by atoms with E-state index in [9.17, 15) is 9.59 Å². The van der Waals surface area contributed by atoms with Gasteiger partial charge in [0.25, 0.3) is 0 Å². The second-order valence-corrected chi connectivity index (χ2v) is 4.91. The van der Waals surface area contributed by atoms with Crippen molar-refractivity contribution >= 4 is 11.9 Å². The summed E-state index contributed by atoms with van der Waals surface area (Å²) in [4.78, 5) is 22.9. The fourth-order valence-electron chi connectivity index (χ4n) is 1.90. The minimum absolute atomic E-state index is 0.151. The second-order valence-electron chi connectivity index (χ2n) is 4.91. The monoisotopic (exact) mass is 279 g/mol. The zero-order chi connectivity index (χ0) is 15.0. The Morgan fingerprint density at radius 1 is 1.30 bits per heavy atom. The van der Waals surface area contributed by atoms with Crippen LogP contribution in [0.15, 0.2) is 30.3 Å². The molecule has 110 valence electrons. The fourth-order valence-corrected chi connectivity index (χ4v) is 1.90. The van der Waals surface area contributed by atoms with Crippen LogP contribution in [-0.2, 0) is 20.9 Å². The van der Waals surface area contributed by atoms with E-state index >= 15 is 0 Å². The topological polar surface area (TPSA) is 75.6 Å². The maximum Gasteiger partial charge on any atom is 0.329 e. The highest BCUT2D eigenvalue weighted by Gasteiger charge is 2.33. The van der Waals surface area contributed by atoms with Gasteiger partial charge in [-0.05, 0) is 18.9 Å². The molecule has 1 atom stereocenters. The number of carbonyl (C=O) groups is 2. The van der Waals surface area contributed by atoms with Crippen LogP contribution < -0.4 is 5.32 Å². The van der Waals surface area contributed by atoms with E-state index in [-0.39, 0.29) is 6.61 Å². The summed E-state index contributed by atoms with van der Waals surface area (Å²) in [5.41, 5.74) is -0.267. The maximum atomic E-state index is 11.7. The van der Waals surface area contributed by atoms with Gasteiger partial charge in [-0.3, -0.25) is 4.79 Å². The lowest BCUT2D eigenvalue weighted by Gasteiger charge is -2.25. The van der Waals surface area contributed by atoms with Gasteiger partial charge < -0.3 is 15.2 Å². The summed E-state index contributed by atoms with van der Waals surface area (Å²) in [5, 5.41) is 11.7. The normalized spacial score (nSPS) is 13.5. The minimum Gasteiger partial charge on any atom is -0.480 e. The molecule has 1 aromatic carbocycles. The molecule has 0 spiro atoms. The number of rotatable bonds is 8. The van der Waals surface area contributed by atoms with Gasteiger partial charge in [0.1, 0.15) is 12.1 Å². The first-order valence-electron chi connectivity index (χ1n) is 6.64. The van der Waals surface area contributed by atoms with Crippen LogP contribution in [0.3, 0.4) is 0 Å². The number of ether oxygens (including phenoxy) is 1. The molecular formula is C15H21NO4. The van der Waals surface area contributed by atoms with Crippen molar-refractivity contribution in [2.24, 2.45) is 0 Å². The van der Waals surface area contributed by atoms with Crippen LogP contribution >= 0.6 is 0 Å². The molecule has 0 aliphatic heterocycles. The molecule has 20 heavy (non-hydrogen) atoms. The van der Waals surface area contributed by atoms with Crippen LogP contribution in [0.4, 0.5) is 0 Å². The molecule has 0 aliphatic carbocycles. The summed E-state index contributed by atoms with van der Waals surface area (Å²) in [6.45, 7) is 3.56. The molecule has 5 heteroatoms. The number of carbonyl (C=O) groups excluding carboxylic acids is 1. The molecule has 0 heterocycles. The Hall–Kier alpha value is -1.88. The summed E-state index contributed by atoms with van der Waals surface area (Å²) < 4.78 is 5.28. The number of benzene rings is 1. The molecule has 5 nitrogen and oxygen atoms in total. The molecule has 1 amide bonds. The van der Waals surface area contributed by atoms with Gasteiger partial charge in [0.05, 0.1) is 6.61 Å². The number of hydrogen-bond donors (Lipinski definition) is 2. The van der Waals surface area contributed by atoms with Crippen molar-refractivity contribution < 1.29 is 19.4 Å². The first-order valence-corrected chi connectivity index (χ1v) is 6.64. The summed E-state index contributed by atoms with van der Waals surface area (Å²) >= 11 is 0. The zero-order valence-corrected chi connectivity index (χ0v) is 11.9. The number of aliphatic carboxylic acids is 1. The van der Waals surface area contributed by atoms with E-state index in [1.807, 2.05) is 37.3 Å². The summed E-state index contributed by atoms with van der Waals surface area (Å²) in [7, 11) is 0. The molecule has 1 rings (SSSR count). The van der Waals surface area contributed by atoms with Crippen molar-refractivity contribution in [3.63, 3.8) is 0 Å². The molecule has 0 saturated heterocycles. The van der Waals surface area contributed by atoms with E-state index in [1.165, 1.54) is 6.92 Å². The van der Waals surface area contributed by atoms with E-state index in [4.69, 9.17) is 9.84 Å². The van der Waals surface area contributed by atoms with Crippen molar-refractivity contribution in [2.45, 2.75) is 38.8 Å². The molecule has 0 aliphatic rings. The van der Waals surface area contributed by atoms with Gasteiger partial charge in [-0.2, -0.15) is 0 Å². The number of carboxylic acids is 1. The highest BCUT2D eigenvalue weighted by Crippen LogP contribution is 2.12. The van der Waals surface area contributed by atoms with Crippen LogP contribution in [-0.4, -0.2) is 29.1 Å². The first kappa shape index (κ1) is 16.2. The maximum absolute atomic E-state index is 11.7. The Bertz CT molecular complexity index is 446. The van der Waals surface area contributed by atoms with Crippen LogP contribution in [0.25, 0.3) is 0 Å². The molecule has 2 N–H and O–H groups in total. The lowest BCUT2D eigenvalue weighted by atomic mass is 9.96. The molecule has 0 saturated carbocycles. The lowest BCUT2D eigenvalue weighted by molar-refractivity contribution is -0.148. The van der Waals surface area contributed by atoms with E-state index < -0.39 is 17.4 Å². The molecule has 1 aromatic rings. The lowest BCUT2D eigenvalue weighted by Crippen LogP contribution is -2.53. The zero-order valence-electron chi connectivity index (χ0n) is 11.9. The van der Waals surface area contributed by atoms with Gasteiger partial charge in [0, 0.05) is 0 Å². The largest absolute Gasteiger partial charge is 0.480 e. The third-order valence-corrected chi connectivity index (χ3v) is 2.98. The van der Waals surface area contributed by atoms with Gasteiger partial charge in [-0.25, -0.2) is 4.79 Å². The predicted molar refractivity (Wildman–Crippen MR) is 75.2 cm³/mol. The van der Waals surface area contributed by atoms with Crippen LogP contribution in [0.5, 0.6) is 0 Å².